The van der Waals surface area contributed by atoms with Crippen molar-refractivity contribution in [2.75, 3.05) is 7.11 Å². The highest BCUT2D eigenvalue weighted by atomic mass is 32.2. The van der Waals surface area contributed by atoms with Gasteiger partial charge in [-0.2, -0.15) is 0 Å². The molecule has 148 valence electrons. The molecular formula is C21H19N3O4S. The van der Waals surface area contributed by atoms with E-state index in [0.29, 0.717) is 22.5 Å². The summed E-state index contributed by atoms with van der Waals surface area (Å²) < 4.78 is 17.9. The zero-order chi connectivity index (χ0) is 20.4. The van der Waals surface area contributed by atoms with E-state index >= 15 is 0 Å². The molecule has 4 aromatic rings. The van der Waals surface area contributed by atoms with Gasteiger partial charge in [0.2, 0.25) is 5.76 Å². The van der Waals surface area contributed by atoms with Crippen LogP contribution >= 0.6 is 11.8 Å². The number of hydrogen-bond acceptors (Lipinski definition) is 7. The molecule has 8 heteroatoms. The molecule has 0 fully saturated rings. The van der Waals surface area contributed by atoms with Gasteiger partial charge in [-0.3, -0.25) is 4.57 Å². The smallest absolute Gasteiger partial charge is 0.374 e. The van der Waals surface area contributed by atoms with Gasteiger partial charge in [0, 0.05) is 11.3 Å². The Labute approximate surface area is 171 Å². The first-order chi connectivity index (χ1) is 14.1. The molecule has 0 atom stereocenters. The number of esters is 1. The van der Waals surface area contributed by atoms with Crippen molar-refractivity contribution in [3.05, 3.63) is 71.6 Å². The molecule has 3 aromatic heterocycles. The van der Waals surface area contributed by atoms with Crippen molar-refractivity contribution >= 4 is 17.7 Å². The molecule has 0 aliphatic heterocycles. The predicted octanol–water partition coefficient (Wildman–Crippen LogP) is 4.82. The maximum absolute atomic E-state index is 11.8. The Kier molecular flexibility index (Phi) is 5.26. The van der Waals surface area contributed by atoms with Gasteiger partial charge in [0.15, 0.2) is 11.0 Å². The fourth-order valence-corrected chi connectivity index (χ4v) is 3.85. The summed E-state index contributed by atoms with van der Waals surface area (Å²) in [5.41, 5.74) is 2.57. The minimum absolute atomic E-state index is 0.224. The Morgan fingerprint density at radius 1 is 1.17 bits per heavy atom. The average Bonchev–Trinajstić information content (AvgIpc) is 3.44. The quantitative estimate of drug-likeness (QED) is 0.334. The summed E-state index contributed by atoms with van der Waals surface area (Å²) in [5.74, 6) is 2.38. The number of methoxy groups -OCH3 is 1. The number of para-hydroxylation sites is 1. The molecule has 0 bridgehead atoms. The fraction of sp³-hybridized carbons (Fsp3) is 0.190. The number of aryl methyl sites for hydroxylation is 2. The summed E-state index contributed by atoms with van der Waals surface area (Å²) >= 11 is 1.47. The van der Waals surface area contributed by atoms with Crippen LogP contribution in [0.2, 0.25) is 0 Å². The van der Waals surface area contributed by atoms with E-state index < -0.39 is 5.97 Å². The van der Waals surface area contributed by atoms with Gasteiger partial charge >= 0.3 is 5.97 Å². The SMILES string of the molecule is COC(=O)c1oc(CSc2nnc(-c3ccoc3C)n2-c2ccccc2)cc1C. The van der Waals surface area contributed by atoms with Crippen LogP contribution in [-0.4, -0.2) is 27.8 Å². The normalized spacial score (nSPS) is 11.0. The highest BCUT2D eigenvalue weighted by Crippen LogP contribution is 2.32. The molecule has 0 amide bonds. The van der Waals surface area contributed by atoms with E-state index in [9.17, 15) is 4.79 Å². The third-order valence-electron chi connectivity index (χ3n) is 4.43. The van der Waals surface area contributed by atoms with E-state index in [1.807, 2.05) is 60.9 Å². The number of carbonyl (C=O) groups excluding carboxylic acids is 1. The molecule has 0 saturated heterocycles. The van der Waals surface area contributed by atoms with Crippen molar-refractivity contribution in [3.8, 4) is 17.1 Å². The standard InChI is InChI=1S/C21H19N3O4S/c1-13-11-16(28-18(13)20(25)26-3)12-29-21-23-22-19(17-9-10-27-14(17)2)24(21)15-7-5-4-6-8-15/h4-11H,12H2,1-3H3. The second-order valence-electron chi connectivity index (χ2n) is 6.37. The molecule has 1 aromatic carbocycles. The summed E-state index contributed by atoms with van der Waals surface area (Å²) in [4.78, 5) is 11.8. The Bertz CT molecular complexity index is 1140. The molecular weight excluding hydrogens is 390 g/mol. The first-order valence-electron chi connectivity index (χ1n) is 8.94. The van der Waals surface area contributed by atoms with Crippen molar-refractivity contribution in [2.24, 2.45) is 0 Å². The van der Waals surface area contributed by atoms with Crippen molar-refractivity contribution in [2.45, 2.75) is 24.8 Å². The third kappa shape index (κ3) is 3.71. The summed E-state index contributed by atoms with van der Waals surface area (Å²) in [6.07, 6.45) is 1.64. The lowest BCUT2D eigenvalue weighted by Crippen LogP contribution is -2.00. The highest BCUT2D eigenvalue weighted by molar-refractivity contribution is 7.98. The molecule has 29 heavy (non-hydrogen) atoms. The summed E-state index contributed by atoms with van der Waals surface area (Å²) in [6, 6.07) is 13.6. The lowest BCUT2D eigenvalue weighted by atomic mass is 10.2. The molecule has 3 heterocycles. The first kappa shape index (κ1) is 19.1. The van der Waals surface area contributed by atoms with Crippen LogP contribution in [0, 0.1) is 13.8 Å². The Balaban J connectivity index is 1.67. The highest BCUT2D eigenvalue weighted by Gasteiger charge is 2.20. The molecule has 0 N–H and O–H groups in total. The number of aromatic nitrogens is 3. The number of benzene rings is 1. The minimum Gasteiger partial charge on any atom is -0.469 e. The lowest BCUT2D eigenvalue weighted by Gasteiger charge is -2.09. The minimum atomic E-state index is -0.482. The second kappa shape index (κ2) is 8.00. The van der Waals surface area contributed by atoms with Crippen LogP contribution in [0.3, 0.4) is 0 Å². The number of carbonyl (C=O) groups is 1. The number of hydrogen-bond donors (Lipinski definition) is 0. The van der Waals surface area contributed by atoms with Gasteiger partial charge in [0.25, 0.3) is 0 Å². The van der Waals surface area contributed by atoms with Crippen LogP contribution in [0.25, 0.3) is 17.1 Å². The number of thioether (sulfide) groups is 1. The van der Waals surface area contributed by atoms with Crippen molar-refractivity contribution in [1.29, 1.82) is 0 Å². The first-order valence-corrected chi connectivity index (χ1v) is 9.92. The fourth-order valence-electron chi connectivity index (χ4n) is 3.01. The average molecular weight is 409 g/mol. The van der Waals surface area contributed by atoms with E-state index in [0.717, 1.165) is 22.6 Å². The monoisotopic (exact) mass is 409 g/mol. The molecule has 0 aliphatic rings. The molecule has 0 radical (unpaired) electrons. The largest absolute Gasteiger partial charge is 0.469 e. The van der Waals surface area contributed by atoms with Gasteiger partial charge in [-0.1, -0.05) is 30.0 Å². The summed E-state index contributed by atoms with van der Waals surface area (Å²) in [5, 5.41) is 9.49. The van der Waals surface area contributed by atoms with E-state index in [1.54, 1.807) is 6.26 Å². The van der Waals surface area contributed by atoms with E-state index in [4.69, 9.17) is 13.6 Å². The van der Waals surface area contributed by atoms with Gasteiger partial charge in [-0.15, -0.1) is 10.2 Å². The van der Waals surface area contributed by atoms with Crippen LogP contribution in [0.1, 0.15) is 27.6 Å². The van der Waals surface area contributed by atoms with Crippen LogP contribution < -0.4 is 0 Å². The number of rotatable bonds is 6. The zero-order valence-corrected chi connectivity index (χ0v) is 17.0. The van der Waals surface area contributed by atoms with Gasteiger partial charge in [-0.25, -0.2) is 4.79 Å². The topological polar surface area (TPSA) is 83.3 Å². The zero-order valence-electron chi connectivity index (χ0n) is 16.2. The van der Waals surface area contributed by atoms with E-state index in [-0.39, 0.29) is 5.76 Å². The maximum atomic E-state index is 11.8. The molecule has 0 aliphatic carbocycles. The van der Waals surface area contributed by atoms with Gasteiger partial charge in [0.1, 0.15) is 11.5 Å². The number of ether oxygens (including phenoxy) is 1. The predicted molar refractivity (Wildman–Crippen MR) is 108 cm³/mol. The van der Waals surface area contributed by atoms with Crippen molar-refractivity contribution < 1.29 is 18.4 Å². The van der Waals surface area contributed by atoms with E-state index in [2.05, 4.69) is 10.2 Å². The van der Waals surface area contributed by atoms with Gasteiger partial charge < -0.3 is 13.6 Å². The Morgan fingerprint density at radius 3 is 2.66 bits per heavy atom. The number of nitrogens with zero attached hydrogens (tertiary/aromatic N) is 3. The van der Waals surface area contributed by atoms with Crippen molar-refractivity contribution in [1.82, 2.24) is 14.8 Å². The van der Waals surface area contributed by atoms with Crippen LogP contribution in [0.5, 0.6) is 0 Å². The van der Waals surface area contributed by atoms with Crippen LogP contribution in [0.15, 0.2) is 62.7 Å². The molecule has 4 rings (SSSR count). The number of furan rings is 2. The Hall–Kier alpha value is -3.26. The summed E-state index contributed by atoms with van der Waals surface area (Å²) in [7, 11) is 1.33. The maximum Gasteiger partial charge on any atom is 0.374 e. The molecule has 0 unspecified atom stereocenters. The molecule has 0 spiro atoms. The van der Waals surface area contributed by atoms with Crippen LogP contribution in [-0.2, 0) is 10.5 Å². The second-order valence-corrected chi connectivity index (χ2v) is 7.32. The van der Waals surface area contributed by atoms with Crippen molar-refractivity contribution in [3.63, 3.8) is 0 Å². The van der Waals surface area contributed by atoms with Gasteiger partial charge in [0.05, 0.1) is 24.7 Å². The third-order valence-corrected chi connectivity index (χ3v) is 5.38. The van der Waals surface area contributed by atoms with Gasteiger partial charge in [-0.05, 0) is 38.1 Å². The van der Waals surface area contributed by atoms with Crippen LogP contribution in [0.4, 0.5) is 0 Å². The summed E-state index contributed by atoms with van der Waals surface area (Å²) in [6.45, 7) is 3.71. The lowest BCUT2D eigenvalue weighted by molar-refractivity contribution is 0.0562. The van der Waals surface area contributed by atoms with E-state index in [1.165, 1.54) is 18.9 Å². The molecule has 7 nitrogen and oxygen atoms in total. The Morgan fingerprint density at radius 2 is 1.97 bits per heavy atom. The molecule has 0 saturated carbocycles.